The van der Waals surface area contributed by atoms with Gasteiger partial charge in [0.25, 0.3) is 0 Å². The van der Waals surface area contributed by atoms with Crippen LogP contribution in [-0.2, 0) is 9.47 Å². The van der Waals surface area contributed by atoms with Crippen molar-refractivity contribution in [3.05, 3.63) is 168 Å². The lowest BCUT2D eigenvalue weighted by Crippen LogP contribution is -2.25. The van der Waals surface area contributed by atoms with Crippen LogP contribution in [0.5, 0.6) is 0 Å². The minimum absolute atomic E-state index is 0.0173. The number of rotatable bonds is 20. The number of hydrogen-bond donors (Lipinski definition) is 2. The molecule has 0 aliphatic rings. The van der Waals surface area contributed by atoms with E-state index < -0.39 is 0 Å². The molecule has 0 aliphatic heterocycles. The van der Waals surface area contributed by atoms with Crippen molar-refractivity contribution < 1.29 is 9.47 Å². The van der Waals surface area contributed by atoms with Gasteiger partial charge in [0.1, 0.15) is 0 Å². The van der Waals surface area contributed by atoms with Crippen molar-refractivity contribution >= 4 is 21.5 Å². The monoisotopic (exact) mass is 678 g/mol. The molecular formula is C47H54N2O2. The molecule has 6 rings (SSSR count). The summed E-state index contributed by atoms with van der Waals surface area (Å²) >= 11 is 0. The first-order valence-corrected chi connectivity index (χ1v) is 18.8. The zero-order chi connectivity index (χ0) is 35.1. The van der Waals surface area contributed by atoms with E-state index in [2.05, 4.69) is 156 Å². The fraction of sp³-hybridized carbons (Fsp3) is 0.319. The predicted octanol–water partition coefficient (Wildman–Crippen LogP) is 10.8. The number of likely N-dealkylation sites (N-methyl/N-ethyl adjacent to an activating group) is 2. The molecule has 0 unspecified atom stereocenters. The van der Waals surface area contributed by atoms with Crippen molar-refractivity contribution in [1.82, 2.24) is 10.6 Å². The Morgan fingerprint density at radius 2 is 0.765 bits per heavy atom. The second kappa shape index (κ2) is 19.3. The summed E-state index contributed by atoms with van der Waals surface area (Å²) in [6.07, 6.45) is 5.53. The standard InChI is InChI=1S/C47H54N2O2/c1-48-34-44(42-28-26-36-18-12-14-24-40(36)32-42)46(38-20-8-6-9-21-38)50-30-16-4-3-5-17-31-51-47(39-22-10-7-11-23-39)45(35-49-2)43-29-27-37-19-13-15-25-41(37)33-43/h6-15,18-29,32-33,44-49H,3-5,16-17,30-31,34-35H2,1-2H3/t44-,45-,46-,47-/m0/s1. The lowest BCUT2D eigenvalue weighted by Gasteiger charge is -2.29. The van der Waals surface area contributed by atoms with Gasteiger partial charge >= 0.3 is 0 Å². The normalized spacial score (nSPS) is 14.0. The molecule has 0 saturated carbocycles. The number of nitrogens with one attached hydrogen (secondary N) is 2. The molecule has 0 heterocycles. The molecule has 0 saturated heterocycles. The smallest absolute Gasteiger partial charge is 0.0905 e. The molecule has 0 spiro atoms. The summed E-state index contributed by atoms with van der Waals surface area (Å²) in [5.41, 5.74) is 5.08. The Bertz CT molecular complexity index is 1750. The minimum Gasteiger partial charge on any atom is -0.373 e. The molecular weight excluding hydrogens is 625 g/mol. The predicted molar refractivity (Wildman–Crippen MR) is 215 cm³/mol. The molecule has 0 radical (unpaired) electrons. The quantitative estimate of drug-likeness (QED) is 0.0789. The summed E-state index contributed by atoms with van der Waals surface area (Å²) in [5, 5.41) is 12.0. The van der Waals surface area contributed by atoms with Gasteiger partial charge in [0.2, 0.25) is 0 Å². The van der Waals surface area contributed by atoms with E-state index in [1.165, 1.54) is 50.2 Å². The topological polar surface area (TPSA) is 42.5 Å². The van der Waals surface area contributed by atoms with Crippen molar-refractivity contribution in [2.24, 2.45) is 0 Å². The highest BCUT2D eigenvalue weighted by atomic mass is 16.5. The maximum atomic E-state index is 6.77. The van der Waals surface area contributed by atoms with Crippen LogP contribution >= 0.6 is 0 Å². The highest BCUT2D eigenvalue weighted by Crippen LogP contribution is 2.37. The molecule has 0 bridgehead atoms. The molecule has 0 aromatic heterocycles. The SMILES string of the molecule is CNC[C@@H](c1ccc2ccccc2c1)[C@@H](OCCCCCCCO[C@@H](c1ccccc1)[C@@H](CNC)c1ccc2ccccc2c1)c1ccccc1. The van der Waals surface area contributed by atoms with Crippen LogP contribution in [0.4, 0.5) is 0 Å². The summed E-state index contributed by atoms with van der Waals surface area (Å²) in [6, 6.07) is 52.4. The maximum absolute atomic E-state index is 6.77. The lowest BCUT2D eigenvalue weighted by atomic mass is 9.87. The number of unbranched alkanes of at least 4 members (excludes halogenated alkanes) is 4. The molecule has 4 nitrogen and oxygen atoms in total. The zero-order valence-corrected chi connectivity index (χ0v) is 30.3. The number of hydrogen-bond acceptors (Lipinski definition) is 4. The van der Waals surface area contributed by atoms with Gasteiger partial charge in [-0.05, 0) is 70.7 Å². The molecule has 0 amide bonds. The molecule has 0 fully saturated rings. The van der Waals surface area contributed by atoms with E-state index in [-0.39, 0.29) is 24.0 Å². The molecule has 0 aliphatic carbocycles. The molecule has 51 heavy (non-hydrogen) atoms. The molecule has 264 valence electrons. The average Bonchev–Trinajstić information content (AvgIpc) is 3.19. The van der Waals surface area contributed by atoms with Gasteiger partial charge in [0, 0.05) is 38.1 Å². The molecule has 6 aromatic rings. The molecule has 4 heteroatoms. The van der Waals surface area contributed by atoms with Gasteiger partial charge in [0.05, 0.1) is 12.2 Å². The third-order valence-corrected chi connectivity index (χ3v) is 10.1. The number of ether oxygens (including phenoxy) is 2. The van der Waals surface area contributed by atoms with Crippen LogP contribution in [-0.4, -0.2) is 40.4 Å². The van der Waals surface area contributed by atoms with Crippen LogP contribution in [0.1, 0.15) is 78.4 Å². The van der Waals surface area contributed by atoms with Gasteiger partial charge in [0.15, 0.2) is 0 Å². The first-order valence-electron chi connectivity index (χ1n) is 18.8. The van der Waals surface area contributed by atoms with Gasteiger partial charge in [-0.25, -0.2) is 0 Å². The summed E-state index contributed by atoms with van der Waals surface area (Å²) in [5.74, 6) is 0.413. The lowest BCUT2D eigenvalue weighted by molar-refractivity contribution is 0.0279. The Morgan fingerprint density at radius 1 is 0.392 bits per heavy atom. The van der Waals surface area contributed by atoms with E-state index in [0.29, 0.717) is 0 Å². The van der Waals surface area contributed by atoms with Crippen LogP contribution in [0.25, 0.3) is 21.5 Å². The van der Waals surface area contributed by atoms with E-state index in [9.17, 15) is 0 Å². The van der Waals surface area contributed by atoms with Gasteiger partial charge in [-0.2, -0.15) is 0 Å². The molecule has 6 aromatic carbocycles. The van der Waals surface area contributed by atoms with Gasteiger partial charge in [-0.1, -0.05) is 165 Å². The van der Waals surface area contributed by atoms with Crippen molar-refractivity contribution in [3.63, 3.8) is 0 Å². The summed E-state index contributed by atoms with van der Waals surface area (Å²) in [7, 11) is 4.07. The molecule has 4 atom stereocenters. The first-order chi connectivity index (χ1) is 25.2. The van der Waals surface area contributed by atoms with E-state index in [0.717, 1.165) is 52.0 Å². The van der Waals surface area contributed by atoms with Crippen LogP contribution in [0, 0.1) is 0 Å². The fourth-order valence-corrected chi connectivity index (χ4v) is 7.45. The zero-order valence-electron chi connectivity index (χ0n) is 30.3. The Balaban J connectivity index is 1.02. The second-order valence-electron chi connectivity index (χ2n) is 13.7. The van der Waals surface area contributed by atoms with Crippen LogP contribution in [0.15, 0.2) is 146 Å². The van der Waals surface area contributed by atoms with Crippen molar-refractivity contribution in [1.29, 1.82) is 0 Å². The summed E-state index contributed by atoms with van der Waals surface area (Å²) in [6.45, 7) is 3.19. The van der Waals surface area contributed by atoms with E-state index in [1.807, 2.05) is 14.1 Å². The van der Waals surface area contributed by atoms with Crippen molar-refractivity contribution in [2.45, 2.75) is 56.1 Å². The first kappa shape index (κ1) is 36.5. The highest BCUT2D eigenvalue weighted by molar-refractivity contribution is 5.84. The maximum Gasteiger partial charge on any atom is 0.0905 e. The Morgan fingerprint density at radius 3 is 1.18 bits per heavy atom. The Labute approximate surface area is 305 Å². The molecule has 2 N–H and O–H groups in total. The Hall–Kier alpha value is -4.32. The van der Waals surface area contributed by atoms with Crippen LogP contribution in [0.2, 0.25) is 0 Å². The average molecular weight is 679 g/mol. The van der Waals surface area contributed by atoms with Crippen molar-refractivity contribution in [2.75, 3.05) is 40.4 Å². The van der Waals surface area contributed by atoms with Gasteiger partial charge < -0.3 is 20.1 Å². The largest absolute Gasteiger partial charge is 0.373 e. The van der Waals surface area contributed by atoms with Crippen LogP contribution < -0.4 is 10.6 Å². The third kappa shape index (κ3) is 9.93. The highest BCUT2D eigenvalue weighted by Gasteiger charge is 2.27. The van der Waals surface area contributed by atoms with E-state index in [1.54, 1.807) is 0 Å². The van der Waals surface area contributed by atoms with E-state index in [4.69, 9.17) is 9.47 Å². The minimum atomic E-state index is -0.0173. The second-order valence-corrected chi connectivity index (χ2v) is 13.7. The van der Waals surface area contributed by atoms with Crippen molar-refractivity contribution in [3.8, 4) is 0 Å². The van der Waals surface area contributed by atoms with Crippen LogP contribution in [0.3, 0.4) is 0 Å². The Kier molecular flexibility index (Phi) is 13.8. The summed E-state index contributed by atoms with van der Waals surface area (Å²) < 4.78 is 13.5. The number of benzene rings is 6. The fourth-order valence-electron chi connectivity index (χ4n) is 7.45. The number of fused-ring (bicyclic) bond motifs is 2. The van der Waals surface area contributed by atoms with Gasteiger partial charge in [-0.3, -0.25) is 0 Å². The summed E-state index contributed by atoms with van der Waals surface area (Å²) in [4.78, 5) is 0. The van der Waals surface area contributed by atoms with Gasteiger partial charge in [-0.15, -0.1) is 0 Å². The third-order valence-electron chi connectivity index (χ3n) is 10.1. The van der Waals surface area contributed by atoms with E-state index >= 15 is 0 Å².